The standard InChI is InChI=1S/C17H14N4O2S/c22-15(20-21-16(23)14-9-5-10-18-14)13-8-4-11-19-17(13)24-12-6-2-1-3-7-12/h1-11,18H,(H,20,22)(H,21,23). The second-order valence-electron chi connectivity index (χ2n) is 4.76. The molecule has 0 saturated heterocycles. The smallest absolute Gasteiger partial charge is 0.286 e. The minimum absolute atomic E-state index is 0.361. The van der Waals surface area contributed by atoms with Crippen molar-refractivity contribution < 1.29 is 9.59 Å². The van der Waals surface area contributed by atoms with Gasteiger partial charge in [-0.15, -0.1) is 0 Å². The van der Waals surface area contributed by atoms with Crippen molar-refractivity contribution >= 4 is 23.6 Å². The summed E-state index contributed by atoms with van der Waals surface area (Å²) in [6.07, 6.45) is 3.26. The van der Waals surface area contributed by atoms with Crippen LogP contribution in [0.5, 0.6) is 0 Å². The van der Waals surface area contributed by atoms with Crippen molar-refractivity contribution in [2.75, 3.05) is 0 Å². The average Bonchev–Trinajstić information content (AvgIpc) is 3.15. The molecule has 0 unspecified atom stereocenters. The van der Waals surface area contributed by atoms with Crippen molar-refractivity contribution in [3.63, 3.8) is 0 Å². The molecule has 3 aromatic rings. The molecule has 1 aromatic carbocycles. The highest BCUT2D eigenvalue weighted by atomic mass is 32.2. The lowest BCUT2D eigenvalue weighted by atomic mass is 10.3. The highest BCUT2D eigenvalue weighted by Crippen LogP contribution is 2.28. The molecule has 0 fully saturated rings. The van der Waals surface area contributed by atoms with Gasteiger partial charge >= 0.3 is 0 Å². The third-order valence-electron chi connectivity index (χ3n) is 3.11. The van der Waals surface area contributed by atoms with Crippen LogP contribution in [-0.2, 0) is 0 Å². The van der Waals surface area contributed by atoms with Crippen molar-refractivity contribution in [1.29, 1.82) is 0 Å². The Morgan fingerprint density at radius 3 is 2.46 bits per heavy atom. The summed E-state index contributed by atoms with van der Waals surface area (Å²) in [6, 6.07) is 16.3. The number of nitrogens with zero attached hydrogens (tertiary/aromatic N) is 1. The third kappa shape index (κ3) is 3.82. The van der Waals surface area contributed by atoms with E-state index in [2.05, 4.69) is 20.8 Å². The van der Waals surface area contributed by atoms with E-state index in [-0.39, 0.29) is 0 Å². The van der Waals surface area contributed by atoms with E-state index in [1.807, 2.05) is 30.3 Å². The molecule has 2 aromatic heterocycles. The molecule has 3 rings (SSSR count). The fraction of sp³-hybridized carbons (Fsp3) is 0. The Kier molecular flexibility index (Phi) is 4.93. The molecule has 0 saturated carbocycles. The highest BCUT2D eigenvalue weighted by molar-refractivity contribution is 7.99. The van der Waals surface area contributed by atoms with Gasteiger partial charge in [0.2, 0.25) is 0 Å². The first-order chi connectivity index (χ1) is 11.7. The monoisotopic (exact) mass is 338 g/mol. The molecule has 2 heterocycles. The number of H-pyrrole nitrogens is 1. The molecule has 0 aliphatic carbocycles. The molecule has 7 heteroatoms. The van der Waals surface area contributed by atoms with Gasteiger partial charge in [-0.25, -0.2) is 4.98 Å². The Hall–Kier alpha value is -3.06. The highest BCUT2D eigenvalue weighted by Gasteiger charge is 2.14. The molecule has 6 nitrogen and oxygen atoms in total. The van der Waals surface area contributed by atoms with Crippen LogP contribution in [0.4, 0.5) is 0 Å². The van der Waals surface area contributed by atoms with Crippen LogP contribution in [0.2, 0.25) is 0 Å². The first-order valence-electron chi connectivity index (χ1n) is 7.16. The summed E-state index contributed by atoms with van der Waals surface area (Å²) in [5, 5.41) is 0.565. The maximum Gasteiger partial charge on any atom is 0.286 e. The number of carbonyl (C=O) groups excluding carboxylic acids is 2. The molecule has 0 aliphatic rings. The molecule has 0 atom stereocenters. The lowest BCUT2D eigenvalue weighted by Crippen LogP contribution is -2.42. The molecular weight excluding hydrogens is 324 g/mol. The predicted molar refractivity (Wildman–Crippen MR) is 90.5 cm³/mol. The predicted octanol–water partition coefficient (Wildman–Crippen LogP) is 2.64. The summed E-state index contributed by atoms with van der Waals surface area (Å²) in [7, 11) is 0. The van der Waals surface area contributed by atoms with Crippen LogP contribution in [0.3, 0.4) is 0 Å². The van der Waals surface area contributed by atoms with Gasteiger partial charge < -0.3 is 4.98 Å². The Balaban J connectivity index is 1.70. The average molecular weight is 338 g/mol. The van der Waals surface area contributed by atoms with E-state index >= 15 is 0 Å². The lowest BCUT2D eigenvalue weighted by Gasteiger charge is -2.09. The van der Waals surface area contributed by atoms with Crippen LogP contribution in [0, 0.1) is 0 Å². The number of hydrogen-bond donors (Lipinski definition) is 3. The Morgan fingerprint density at radius 2 is 1.71 bits per heavy atom. The van der Waals surface area contributed by atoms with Gasteiger partial charge in [0, 0.05) is 17.3 Å². The summed E-state index contributed by atoms with van der Waals surface area (Å²) in [5.74, 6) is -0.851. The van der Waals surface area contributed by atoms with E-state index in [0.29, 0.717) is 16.3 Å². The maximum absolute atomic E-state index is 12.3. The quantitative estimate of drug-likeness (QED) is 0.638. The topological polar surface area (TPSA) is 86.9 Å². The normalized spacial score (nSPS) is 10.2. The molecule has 0 aliphatic heterocycles. The van der Waals surface area contributed by atoms with E-state index in [0.717, 1.165) is 4.90 Å². The van der Waals surface area contributed by atoms with Crippen molar-refractivity contribution in [1.82, 2.24) is 20.8 Å². The number of benzene rings is 1. The first-order valence-corrected chi connectivity index (χ1v) is 7.97. The van der Waals surface area contributed by atoms with Gasteiger partial charge in [-0.1, -0.05) is 30.0 Å². The van der Waals surface area contributed by atoms with Crippen molar-refractivity contribution in [2.45, 2.75) is 9.92 Å². The van der Waals surface area contributed by atoms with E-state index in [1.54, 1.807) is 36.7 Å². The fourth-order valence-corrected chi connectivity index (χ4v) is 2.87. The molecule has 0 spiro atoms. The molecule has 24 heavy (non-hydrogen) atoms. The van der Waals surface area contributed by atoms with Crippen LogP contribution in [-0.4, -0.2) is 21.8 Å². The number of hydrazine groups is 1. The lowest BCUT2D eigenvalue weighted by molar-refractivity contribution is 0.0842. The fourth-order valence-electron chi connectivity index (χ4n) is 1.96. The maximum atomic E-state index is 12.3. The Labute approximate surface area is 142 Å². The van der Waals surface area contributed by atoms with Gasteiger partial charge in [-0.3, -0.25) is 20.4 Å². The Bertz CT molecular complexity index is 835. The van der Waals surface area contributed by atoms with E-state index in [9.17, 15) is 9.59 Å². The van der Waals surface area contributed by atoms with Crippen molar-refractivity contribution in [3.05, 3.63) is 78.2 Å². The van der Waals surface area contributed by atoms with Crippen LogP contribution < -0.4 is 10.9 Å². The van der Waals surface area contributed by atoms with Crippen molar-refractivity contribution in [2.24, 2.45) is 0 Å². The Morgan fingerprint density at radius 1 is 0.917 bits per heavy atom. The molecule has 3 N–H and O–H groups in total. The first kappa shape index (κ1) is 15.8. The summed E-state index contributed by atoms with van der Waals surface area (Å²) in [5.41, 5.74) is 5.52. The van der Waals surface area contributed by atoms with Gasteiger partial charge in [-0.05, 0) is 36.4 Å². The summed E-state index contributed by atoms with van der Waals surface area (Å²) in [4.78, 5) is 32.2. The largest absolute Gasteiger partial charge is 0.357 e. The molecule has 120 valence electrons. The number of rotatable bonds is 4. The van der Waals surface area contributed by atoms with Gasteiger partial charge in [-0.2, -0.15) is 0 Å². The van der Waals surface area contributed by atoms with Crippen LogP contribution >= 0.6 is 11.8 Å². The number of nitrogens with one attached hydrogen (secondary N) is 3. The number of pyridine rings is 1. The second kappa shape index (κ2) is 7.47. The van der Waals surface area contributed by atoms with Crippen LogP contribution in [0.25, 0.3) is 0 Å². The van der Waals surface area contributed by atoms with E-state index < -0.39 is 11.8 Å². The number of amides is 2. The molecule has 0 bridgehead atoms. The van der Waals surface area contributed by atoms with Crippen LogP contribution in [0.15, 0.2) is 76.9 Å². The zero-order valence-electron chi connectivity index (χ0n) is 12.5. The SMILES string of the molecule is O=C(NNC(=O)c1cccnc1Sc1ccccc1)c1ccc[nH]1. The second-order valence-corrected chi connectivity index (χ2v) is 5.83. The van der Waals surface area contributed by atoms with Gasteiger partial charge in [0.1, 0.15) is 10.7 Å². The molecule has 2 amide bonds. The zero-order chi connectivity index (χ0) is 16.8. The molecular formula is C17H14N4O2S. The van der Waals surface area contributed by atoms with Gasteiger partial charge in [0.15, 0.2) is 0 Å². The van der Waals surface area contributed by atoms with Crippen LogP contribution in [0.1, 0.15) is 20.8 Å². The van der Waals surface area contributed by atoms with Crippen molar-refractivity contribution in [3.8, 4) is 0 Å². The minimum atomic E-state index is -0.429. The zero-order valence-corrected chi connectivity index (χ0v) is 13.3. The van der Waals surface area contributed by atoms with Gasteiger partial charge in [0.05, 0.1) is 5.56 Å². The third-order valence-corrected chi connectivity index (χ3v) is 4.13. The van der Waals surface area contributed by atoms with E-state index in [1.165, 1.54) is 11.8 Å². The number of carbonyl (C=O) groups is 2. The minimum Gasteiger partial charge on any atom is -0.357 e. The summed E-state index contributed by atoms with van der Waals surface area (Å²) in [6.45, 7) is 0. The summed E-state index contributed by atoms with van der Waals surface area (Å²) >= 11 is 1.38. The van der Waals surface area contributed by atoms with E-state index in [4.69, 9.17) is 0 Å². The van der Waals surface area contributed by atoms with Gasteiger partial charge in [0.25, 0.3) is 11.8 Å². The number of aromatic amines is 1. The summed E-state index contributed by atoms with van der Waals surface area (Å²) < 4.78 is 0. The molecule has 0 radical (unpaired) electrons. The number of aromatic nitrogens is 2. The number of hydrogen-bond acceptors (Lipinski definition) is 4.